The zero-order valence-corrected chi connectivity index (χ0v) is 27.2. The van der Waals surface area contributed by atoms with E-state index in [1.807, 2.05) is 0 Å². The van der Waals surface area contributed by atoms with Gasteiger partial charge in [-0.15, -0.1) is 0 Å². The minimum atomic E-state index is -4.76. The summed E-state index contributed by atoms with van der Waals surface area (Å²) in [5.41, 5.74) is -0.631. The van der Waals surface area contributed by atoms with Gasteiger partial charge in [-0.05, 0) is 61.7 Å². The summed E-state index contributed by atoms with van der Waals surface area (Å²) in [6, 6.07) is 7.25. The first kappa shape index (κ1) is 33.7. The predicted octanol–water partition coefficient (Wildman–Crippen LogP) is 5.91. The van der Waals surface area contributed by atoms with Crippen molar-refractivity contribution in [1.82, 2.24) is 19.3 Å². The number of anilines is 1. The Balaban J connectivity index is 1.21. The van der Waals surface area contributed by atoms with E-state index < -0.39 is 41.1 Å². The average molecular weight is 696 g/mol. The molecule has 5 aromatic rings. The van der Waals surface area contributed by atoms with E-state index in [-0.39, 0.29) is 64.2 Å². The largest absolute Gasteiger partial charge is 0.490 e. The van der Waals surface area contributed by atoms with Crippen LogP contribution in [0.15, 0.2) is 54.7 Å². The molecule has 1 fully saturated rings. The molecule has 1 aliphatic carbocycles. The van der Waals surface area contributed by atoms with Gasteiger partial charge in [0, 0.05) is 61.5 Å². The van der Waals surface area contributed by atoms with Gasteiger partial charge in [0.25, 0.3) is 0 Å². The number of nitrogens with one attached hydrogen (secondary N) is 2. The lowest BCUT2D eigenvalue weighted by Gasteiger charge is -2.22. The number of carbonyl (C=O) groups is 1. The highest BCUT2D eigenvalue weighted by atomic mass is 19.4. The predicted molar refractivity (Wildman–Crippen MR) is 176 cm³/mol. The molecule has 0 spiro atoms. The number of aliphatic hydroxyl groups is 2. The molecular formula is C36H34F5N5O4. The van der Waals surface area contributed by atoms with Crippen LogP contribution in [0.1, 0.15) is 45.8 Å². The summed E-state index contributed by atoms with van der Waals surface area (Å²) in [6.45, 7) is 2.75. The first-order valence-electron chi connectivity index (χ1n) is 16.1. The fraction of sp³-hybridized carbons (Fsp3) is 0.333. The van der Waals surface area contributed by atoms with Crippen molar-refractivity contribution >= 4 is 28.0 Å². The molecular weight excluding hydrogens is 661 g/mol. The Kier molecular flexibility index (Phi) is 8.43. The van der Waals surface area contributed by atoms with Gasteiger partial charge in [0.2, 0.25) is 5.78 Å². The number of rotatable bonds is 10. The van der Waals surface area contributed by atoms with Crippen LogP contribution >= 0.6 is 0 Å². The number of benzene rings is 2. The standard InChI is InChI=1S/C36H34F5N5O4/c1-19-43-31-26(45(19)2)16-23(36(39,40)41)29-22-5-4-11-46-27(15-20(32(22)46)7-12-50-34(29)31)33(49)21-13-24(37)30(25(38)14-21)44-28(48)6-3-10-42-17-35(18-47)8-9-35/h3-6,11,13-16,28,42,44,47-48H,7-10,12,17-18H2,1-2H3/b6-3+. The number of hydrogen-bond acceptors (Lipinski definition) is 7. The molecule has 4 N–H and O–H groups in total. The number of aromatic nitrogens is 3. The maximum absolute atomic E-state index is 15.3. The van der Waals surface area contributed by atoms with Crippen LogP contribution < -0.4 is 15.4 Å². The van der Waals surface area contributed by atoms with E-state index in [1.165, 1.54) is 34.9 Å². The lowest BCUT2D eigenvalue weighted by Crippen LogP contribution is -2.27. The number of ketones is 1. The van der Waals surface area contributed by atoms with Gasteiger partial charge in [-0.2, -0.15) is 13.2 Å². The second-order valence-corrected chi connectivity index (χ2v) is 13.0. The number of ether oxygens (including phenoxy) is 1. The van der Waals surface area contributed by atoms with Crippen LogP contribution in [0.25, 0.3) is 27.7 Å². The third kappa shape index (κ3) is 5.90. The summed E-state index contributed by atoms with van der Waals surface area (Å²) in [5, 5.41) is 25.2. The highest BCUT2D eigenvalue weighted by molar-refractivity contribution is 6.10. The van der Waals surface area contributed by atoms with Gasteiger partial charge in [0.15, 0.2) is 5.75 Å². The number of aryl methyl sites for hydroxylation is 2. The number of carbonyl (C=O) groups excluding carboxylic acids is 1. The first-order chi connectivity index (χ1) is 23.8. The highest BCUT2D eigenvalue weighted by Crippen LogP contribution is 2.49. The summed E-state index contributed by atoms with van der Waals surface area (Å²) >= 11 is 0. The molecule has 2 aliphatic rings. The molecule has 3 aromatic heterocycles. The minimum absolute atomic E-state index is 0.00669. The molecule has 7 rings (SSSR count). The van der Waals surface area contributed by atoms with Crippen molar-refractivity contribution in [3.63, 3.8) is 0 Å². The highest BCUT2D eigenvalue weighted by Gasteiger charge is 2.41. The van der Waals surface area contributed by atoms with Crippen molar-refractivity contribution in [2.75, 3.05) is 31.6 Å². The van der Waals surface area contributed by atoms with E-state index in [2.05, 4.69) is 15.6 Å². The number of pyridine rings is 1. The van der Waals surface area contributed by atoms with Crippen molar-refractivity contribution in [3.05, 3.63) is 94.6 Å². The number of fused-ring (bicyclic) bond motifs is 4. The van der Waals surface area contributed by atoms with Crippen molar-refractivity contribution in [2.45, 2.75) is 38.6 Å². The number of nitrogens with zero attached hydrogens (tertiary/aromatic N) is 3. The smallest absolute Gasteiger partial charge is 0.417 e. The van der Waals surface area contributed by atoms with Gasteiger partial charge in [0.05, 0.1) is 28.9 Å². The molecule has 1 saturated carbocycles. The SMILES string of the molecule is Cc1nc2c3c(c(C(F)(F)F)cc2n1C)-c1cccn2c(C(=O)c4cc(F)c(NC(O)/C=C/CNCC5(CO)CC5)c(F)c4)cc(c12)CCO3. The minimum Gasteiger partial charge on any atom is -0.490 e. The van der Waals surface area contributed by atoms with Gasteiger partial charge in [-0.25, -0.2) is 13.8 Å². The van der Waals surface area contributed by atoms with Crippen molar-refractivity contribution in [3.8, 4) is 16.9 Å². The van der Waals surface area contributed by atoms with Crippen LogP contribution in [0, 0.1) is 24.0 Å². The number of hydrogen-bond donors (Lipinski definition) is 4. The number of alkyl halides is 3. The number of aliphatic hydroxyl groups excluding tert-OH is 2. The molecule has 1 aliphatic heterocycles. The Morgan fingerprint density at radius 1 is 1.18 bits per heavy atom. The lowest BCUT2D eigenvalue weighted by atomic mass is 9.94. The van der Waals surface area contributed by atoms with E-state index in [4.69, 9.17) is 4.74 Å². The summed E-state index contributed by atoms with van der Waals surface area (Å²) in [4.78, 5) is 18.3. The molecule has 4 heterocycles. The molecule has 0 radical (unpaired) electrons. The van der Waals surface area contributed by atoms with E-state index >= 15 is 8.78 Å². The number of imidazole rings is 1. The van der Waals surface area contributed by atoms with Crippen LogP contribution in [0.2, 0.25) is 0 Å². The fourth-order valence-corrected chi connectivity index (χ4v) is 6.58. The summed E-state index contributed by atoms with van der Waals surface area (Å²) in [5.74, 6) is -2.52. The molecule has 14 heteroatoms. The second-order valence-electron chi connectivity index (χ2n) is 13.0. The van der Waals surface area contributed by atoms with E-state index in [0.717, 1.165) is 31.0 Å². The maximum atomic E-state index is 15.3. The van der Waals surface area contributed by atoms with Gasteiger partial charge < -0.3 is 34.6 Å². The third-order valence-corrected chi connectivity index (χ3v) is 9.62. The Morgan fingerprint density at radius 2 is 1.92 bits per heavy atom. The normalized spacial score (nSPS) is 15.9. The van der Waals surface area contributed by atoms with E-state index in [0.29, 0.717) is 30.0 Å². The van der Waals surface area contributed by atoms with Crippen molar-refractivity contribution in [2.24, 2.45) is 12.5 Å². The third-order valence-electron chi connectivity index (χ3n) is 9.62. The monoisotopic (exact) mass is 695 g/mol. The Labute approximate surface area is 283 Å². The Morgan fingerprint density at radius 3 is 2.60 bits per heavy atom. The Bertz CT molecular complexity index is 2160. The molecule has 2 aromatic carbocycles. The zero-order valence-electron chi connectivity index (χ0n) is 27.2. The fourth-order valence-electron chi connectivity index (χ4n) is 6.58. The molecule has 9 nitrogen and oxygen atoms in total. The summed E-state index contributed by atoms with van der Waals surface area (Å²) in [7, 11) is 1.63. The van der Waals surface area contributed by atoms with E-state index in [9.17, 15) is 28.2 Å². The molecule has 0 saturated heterocycles. The molecule has 262 valence electrons. The molecule has 0 amide bonds. The van der Waals surface area contributed by atoms with Gasteiger partial charge in [-0.1, -0.05) is 12.1 Å². The quantitative estimate of drug-likeness (QED) is 0.0473. The molecule has 50 heavy (non-hydrogen) atoms. The summed E-state index contributed by atoms with van der Waals surface area (Å²) in [6.07, 6.45) is 0.312. The lowest BCUT2D eigenvalue weighted by molar-refractivity contribution is -0.137. The summed E-state index contributed by atoms with van der Waals surface area (Å²) < 4.78 is 83.5. The number of halogens is 5. The zero-order chi connectivity index (χ0) is 35.5. The Hall–Kier alpha value is -4.79. The van der Waals surface area contributed by atoms with Crippen LogP contribution in [0.3, 0.4) is 0 Å². The van der Waals surface area contributed by atoms with Crippen LogP contribution in [0.5, 0.6) is 5.75 Å². The average Bonchev–Trinajstić information content (AvgIpc) is 3.67. The van der Waals surface area contributed by atoms with Gasteiger partial charge in [-0.3, -0.25) is 4.79 Å². The first-order valence-corrected chi connectivity index (χ1v) is 16.1. The molecule has 1 atom stereocenters. The van der Waals surface area contributed by atoms with E-state index in [1.54, 1.807) is 24.6 Å². The molecule has 1 unspecified atom stereocenters. The van der Waals surface area contributed by atoms with Crippen LogP contribution in [-0.2, 0) is 19.6 Å². The van der Waals surface area contributed by atoms with Gasteiger partial charge in [0.1, 0.15) is 34.9 Å². The van der Waals surface area contributed by atoms with Crippen molar-refractivity contribution in [1.29, 1.82) is 0 Å². The van der Waals surface area contributed by atoms with Crippen LogP contribution in [-0.4, -0.2) is 62.5 Å². The van der Waals surface area contributed by atoms with Gasteiger partial charge >= 0.3 is 6.18 Å². The maximum Gasteiger partial charge on any atom is 0.417 e. The van der Waals surface area contributed by atoms with Crippen molar-refractivity contribution < 1.29 is 41.7 Å². The topological polar surface area (TPSA) is 113 Å². The van der Waals surface area contributed by atoms with Crippen LogP contribution in [0.4, 0.5) is 27.6 Å². The molecule has 0 bridgehead atoms. The second kappa shape index (κ2) is 12.5.